The molecule has 4 heteroatoms. The monoisotopic (exact) mass is 286 g/mol. The number of hydrogen-bond acceptors (Lipinski definition) is 2. The van der Waals surface area contributed by atoms with E-state index in [-0.39, 0.29) is 5.56 Å². The minimum Gasteiger partial charge on any atom is -0.313 e. The summed E-state index contributed by atoms with van der Waals surface area (Å²) >= 11 is 2.21. The van der Waals surface area contributed by atoms with Gasteiger partial charge in [-0.3, -0.25) is 4.79 Å². The van der Waals surface area contributed by atoms with E-state index in [1.54, 1.807) is 0 Å². The van der Waals surface area contributed by atoms with Crippen molar-refractivity contribution in [3.63, 3.8) is 0 Å². The van der Waals surface area contributed by atoms with E-state index in [0.29, 0.717) is 5.39 Å². The number of rotatable bonds is 0. The third kappa shape index (κ3) is 1.35. The average molecular weight is 286 g/mol. The quantitative estimate of drug-likeness (QED) is 0.751. The van der Waals surface area contributed by atoms with Crippen LogP contribution >= 0.6 is 22.6 Å². The zero-order valence-corrected chi connectivity index (χ0v) is 9.12. The molecule has 0 amide bonds. The highest BCUT2D eigenvalue weighted by atomic mass is 127. The predicted molar refractivity (Wildman–Crippen MR) is 59.8 cm³/mol. The van der Waals surface area contributed by atoms with Crippen LogP contribution in [0.25, 0.3) is 10.9 Å². The van der Waals surface area contributed by atoms with Crippen molar-refractivity contribution in [1.82, 2.24) is 9.97 Å². The van der Waals surface area contributed by atoms with Gasteiger partial charge >= 0.3 is 0 Å². The lowest BCUT2D eigenvalue weighted by Gasteiger charge is -2.01. The van der Waals surface area contributed by atoms with Gasteiger partial charge in [0.15, 0.2) is 0 Å². The summed E-state index contributed by atoms with van der Waals surface area (Å²) in [4.78, 5) is 18.1. The fourth-order valence-electron chi connectivity index (χ4n) is 1.30. The molecule has 1 heterocycles. The Hall–Kier alpha value is -0.910. The highest BCUT2D eigenvalue weighted by molar-refractivity contribution is 14.1. The second kappa shape index (κ2) is 3.10. The molecular weight excluding hydrogens is 279 g/mol. The van der Waals surface area contributed by atoms with Crippen molar-refractivity contribution < 1.29 is 0 Å². The Kier molecular flexibility index (Phi) is 2.07. The van der Waals surface area contributed by atoms with Gasteiger partial charge in [0.25, 0.3) is 5.56 Å². The molecule has 0 spiro atoms. The first-order chi connectivity index (χ1) is 6.20. The number of fused-ring (bicyclic) bond motifs is 1. The van der Waals surface area contributed by atoms with Crippen molar-refractivity contribution in [1.29, 1.82) is 0 Å². The lowest BCUT2D eigenvalue weighted by Crippen LogP contribution is -2.08. The van der Waals surface area contributed by atoms with Crippen molar-refractivity contribution in [2.24, 2.45) is 0 Å². The average Bonchev–Trinajstić information content (AvgIpc) is 2.12. The number of hydrogen-bond donors (Lipinski definition) is 1. The molecule has 2 rings (SSSR count). The van der Waals surface area contributed by atoms with Crippen LogP contribution in [0.4, 0.5) is 0 Å². The number of H-pyrrole nitrogens is 1. The van der Waals surface area contributed by atoms with E-state index in [0.717, 1.165) is 14.7 Å². The summed E-state index contributed by atoms with van der Waals surface area (Å²) in [5.74, 6) is 0. The molecule has 13 heavy (non-hydrogen) atoms. The van der Waals surface area contributed by atoms with E-state index in [9.17, 15) is 4.79 Å². The number of nitrogens with one attached hydrogen (secondary N) is 1. The molecule has 0 fully saturated rings. The first kappa shape index (κ1) is 8.68. The molecule has 0 radical (unpaired) electrons. The second-order valence-corrected chi connectivity index (χ2v) is 3.96. The lowest BCUT2D eigenvalue weighted by molar-refractivity contribution is 1.16. The molecule has 0 unspecified atom stereocenters. The zero-order valence-electron chi connectivity index (χ0n) is 6.97. The molecule has 0 bridgehead atoms. The van der Waals surface area contributed by atoms with Crippen molar-refractivity contribution in [3.8, 4) is 0 Å². The predicted octanol–water partition coefficient (Wildman–Crippen LogP) is 1.84. The van der Waals surface area contributed by atoms with Gasteiger partial charge < -0.3 is 4.98 Å². The smallest absolute Gasteiger partial charge is 0.258 e. The van der Waals surface area contributed by atoms with Crippen LogP contribution in [0.2, 0.25) is 0 Å². The van der Waals surface area contributed by atoms with Crippen LogP contribution in [-0.2, 0) is 0 Å². The number of aromatic amines is 1. The molecule has 0 saturated heterocycles. The van der Waals surface area contributed by atoms with Crippen LogP contribution in [0, 0.1) is 10.5 Å². The summed E-state index contributed by atoms with van der Waals surface area (Å²) in [6, 6.07) is 3.82. The Balaban J connectivity index is 3.06. The summed E-state index contributed by atoms with van der Waals surface area (Å²) in [5.41, 5.74) is 1.68. The highest BCUT2D eigenvalue weighted by Gasteiger charge is 2.04. The van der Waals surface area contributed by atoms with Gasteiger partial charge in [-0.25, -0.2) is 4.98 Å². The van der Waals surface area contributed by atoms with Gasteiger partial charge in [-0.15, -0.1) is 0 Å². The van der Waals surface area contributed by atoms with Crippen molar-refractivity contribution in [2.75, 3.05) is 0 Å². The molecule has 0 saturated carbocycles. The topological polar surface area (TPSA) is 45.8 Å². The van der Waals surface area contributed by atoms with E-state index in [1.165, 1.54) is 6.33 Å². The maximum atomic E-state index is 11.5. The van der Waals surface area contributed by atoms with Crippen LogP contribution in [-0.4, -0.2) is 9.97 Å². The molecule has 3 nitrogen and oxygen atoms in total. The maximum Gasteiger partial charge on any atom is 0.258 e. The Morgan fingerprint density at radius 1 is 1.46 bits per heavy atom. The lowest BCUT2D eigenvalue weighted by atomic mass is 10.1. The minimum absolute atomic E-state index is 0.0685. The van der Waals surface area contributed by atoms with Crippen LogP contribution in [0.15, 0.2) is 23.3 Å². The molecule has 0 aliphatic heterocycles. The summed E-state index contributed by atoms with van der Waals surface area (Å²) in [6.07, 6.45) is 1.43. The van der Waals surface area contributed by atoms with E-state index in [4.69, 9.17) is 0 Å². The van der Waals surface area contributed by atoms with E-state index in [2.05, 4.69) is 32.6 Å². The van der Waals surface area contributed by atoms with Gasteiger partial charge in [-0.1, -0.05) is 0 Å². The number of halogens is 1. The largest absolute Gasteiger partial charge is 0.313 e. The Bertz CT molecular complexity index is 518. The first-order valence-electron chi connectivity index (χ1n) is 3.82. The normalized spacial score (nSPS) is 10.6. The van der Waals surface area contributed by atoms with Gasteiger partial charge in [0.05, 0.1) is 17.2 Å². The summed E-state index contributed by atoms with van der Waals surface area (Å²) in [7, 11) is 0. The van der Waals surface area contributed by atoms with Gasteiger partial charge in [0.2, 0.25) is 0 Å². The molecule has 1 N–H and O–H groups in total. The van der Waals surface area contributed by atoms with Crippen molar-refractivity contribution in [3.05, 3.63) is 37.9 Å². The highest BCUT2D eigenvalue weighted by Crippen LogP contribution is 2.17. The molecule has 0 aliphatic carbocycles. The first-order valence-corrected chi connectivity index (χ1v) is 4.90. The van der Waals surface area contributed by atoms with Crippen LogP contribution < -0.4 is 5.56 Å². The molecule has 66 valence electrons. The third-order valence-corrected chi connectivity index (χ3v) is 3.17. The van der Waals surface area contributed by atoms with Crippen LogP contribution in [0.5, 0.6) is 0 Å². The van der Waals surface area contributed by atoms with E-state index in [1.807, 2.05) is 19.1 Å². The second-order valence-electron chi connectivity index (χ2n) is 2.80. The number of benzene rings is 1. The van der Waals surface area contributed by atoms with E-state index < -0.39 is 0 Å². The molecule has 2 aromatic rings. The fraction of sp³-hybridized carbons (Fsp3) is 0.111. The van der Waals surface area contributed by atoms with Crippen molar-refractivity contribution in [2.45, 2.75) is 6.92 Å². The fourth-order valence-corrected chi connectivity index (χ4v) is 1.75. The zero-order chi connectivity index (χ0) is 9.42. The van der Waals surface area contributed by atoms with Crippen LogP contribution in [0.3, 0.4) is 0 Å². The molecular formula is C9H7IN2O. The maximum absolute atomic E-state index is 11.5. The Morgan fingerprint density at radius 3 is 3.00 bits per heavy atom. The Morgan fingerprint density at radius 2 is 2.23 bits per heavy atom. The summed E-state index contributed by atoms with van der Waals surface area (Å²) in [6.45, 7) is 1.93. The number of aryl methyl sites for hydroxylation is 1. The standard InChI is InChI=1S/C9H7IN2O/c1-5-6(10)2-3-7-8(5)9(13)12-4-11-7/h2-4H,1H3,(H,11,12,13). The van der Waals surface area contributed by atoms with Gasteiger partial charge in [0.1, 0.15) is 0 Å². The molecule has 0 atom stereocenters. The number of aromatic nitrogens is 2. The van der Waals surface area contributed by atoms with Gasteiger partial charge in [-0.05, 0) is 47.2 Å². The Labute approximate surface area is 88.3 Å². The van der Waals surface area contributed by atoms with Gasteiger partial charge in [-0.2, -0.15) is 0 Å². The molecule has 0 aliphatic rings. The third-order valence-electron chi connectivity index (χ3n) is 2.00. The van der Waals surface area contributed by atoms with Crippen LogP contribution in [0.1, 0.15) is 5.56 Å². The molecule has 1 aromatic heterocycles. The minimum atomic E-state index is -0.0685. The number of nitrogens with zero attached hydrogens (tertiary/aromatic N) is 1. The molecule has 1 aromatic carbocycles. The SMILES string of the molecule is Cc1c(I)ccc2nc[nH]c(=O)c12. The summed E-state index contributed by atoms with van der Waals surface area (Å²) < 4.78 is 1.09. The van der Waals surface area contributed by atoms with Crippen molar-refractivity contribution >= 4 is 33.5 Å². The van der Waals surface area contributed by atoms with E-state index >= 15 is 0 Å². The summed E-state index contributed by atoms with van der Waals surface area (Å²) in [5, 5.41) is 0.689. The van der Waals surface area contributed by atoms with Gasteiger partial charge in [0, 0.05) is 3.57 Å².